The van der Waals surface area contributed by atoms with Crippen LogP contribution < -0.4 is 9.64 Å². The van der Waals surface area contributed by atoms with Crippen molar-refractivity contribution in [2.75, 3.05) is 37.7 Å². The molecule has 10 heteroatoms. The molecular weight excluding hydrogens is 579 g/mol. The molecule has 0 unspecified atom stereocenters. The molecule has 2 bridgehead atoms. The largest absolute Gasteiger partial charge is 0.508 e. The van der Waals surface area contributed by atoms with Gasteiger partial charge in [-0.3, -0.25) is 4.90 Å². The number of benzene rings is 2. The second-order valence-electron chi connectivity index (χ2n) is 13.0. The number of phenols is 1. The molecule has 0 spiro atoms. The molecule has 4 saturated heterocycles. The van der Waals surface area contributed by atoms with Crippen LogP contribution in [0, 0.1) is 48.2 Å². The number of aromatic hydroxyl groups is 1. The number of alkyl halides is 1. The molecule has 1 saturated carbocycles. The number of phenolic OH excluding ortho intramolecular Hbond substituents is 1. The molecule has 4 aliphatic heterocycles. The van der Waals surface area contributed by atoms with E-state index in [1.807, 2.05) is 0 Å². The summed E-state index contributed by atoms with van der Waals surface area (Å²) >= 11 is 0. The minimum absolute atomic E-state index is 0.0320. The van der Waals surface area contributed by atoms with Crippen LogP contribution in [0.25, 0.3) is 32.9 Å². The van der Waals surface area contributed by atoms with Gasteiger partial charge in [-0.15, -0.1) is 12.8 Å². The number of fused-ring (bicyclic) bond motifs is 5. The Labute approximate surface area is 258 Å². The lowest BCUT2D eigenvalue weighted by Gasteiger charge is -2.47. The number of terminal acetylenes is 2. The van der Waals surface area contributed by atoms with E-state index in [1.165, 1.54) is 24.3 Å². The number of hydrogen-bond acceptors (Lipinski definition) is 7. The van der Waals surface area contributed by atoms with Crippen LogP contribution in [0.4, 0.5) is 19.0 Å². The van der Waals surface area contributed by atoms with Crippen molar-refractivity contribution in [3.63, 3.8) is 0 Å². The van der Waals surface area contributed by atoms with E-state index >= 15 is 4.39 Å². The van der Waals surface area contributed by atoms with Crippen molar-refractivity contribution in [1.82, 2.24) is 19.9 Å². The maximum absolute atomic E-state index is 16.9. The summed E-state index contributed by atoms with van der Waals surface area (Å²) < 4.78 is 52.5. The lowest BCUT2D eigenvalue weighted by Crippen LogP contribution is -2.49. The zero-order valence-corrected chi connectivity index (χ0v) is 24.5. The molecule has 0 radical (unpaired) electrons. The first-order chi connectivity index (χ1) is 21.8. The molecule has 228 valence electrons. The third-order valence-electron chi connectivity index (χ3n) is 10.2. The smallest absolute Gasteiger partial charge is 0.319 e. The Hall–Kier alpha value is -4.54. The summed E-state index contributed by atoms with van der Waals surface area (Å²) in [6.45, 7) is 2.82. The number of aromatic nitrogens is 3. The molecule has 5 fully saturated rings. The maximum atomic E-state index is 16.9. The minimum atomic E-state index is -0.929. The highest BCUT2D eigenvalue weighted by atomic mass is 19.1. The zero-order valence-electron chi connectivity index (χ0n) is 24.5. The van der Waals surface area contributed by atoms with E-state index in [9.17, 15) is 13.9 Å². The Bertz CT molecular complexity index is 1970. The van der Waals surface area contributed by atoms with Crippen LogP contribution in [-0.4, -0.2) is 69.5 Å². The van der Waals surface area contributed by atoms with Crippen LogP contribution in [0.3, 0.4) is 0 Å². The van der Waals surface area contributed by atoms with Gasteiger partial charge in [0.2, 0.25) is 0 Å². The fourth-order valence-electron chi connectivity index (χ4n) is 8.15. The van der Waals surface area contributed by atoms with E-state index in [0.717, 1.165) is 45.3 Å². The monoisotopic (exact) mass is 609 g/mol. The maximum Gasteiger partial charge on any atom is 0.319 e. The average molecular weight is 610 g/mol. The number of ether oxygens (including phenoxy) is 1. The van der Waals surface area contributed by atoms with Gasteiger partial charge in [-0.2, -0.15) is 9.97 Å². The van der Waals surface area contributed by atoms with Crippen molar-refractivity contribution >= 4 is 27.5 Å². The summed E-state index contributed by atoms with van der Waals surface area (Å²) in [5, 5.41) is 11.5. The Kier molecular flexibility index (Phi) is 6.37. The van der Waals surface area contributed by atoms with E-state index in [-0.39, 0.29) is 57.2 Å². The quantitative estimate of drug-likeness (QED) is 0.296. The van der Waals surface area contributed by atoms with Gasteiger partial charge in [-0.05, 0) is 73.6 Å². The Morgan fingerprint density at radius 1 is 1.02 bits per heavy atom. The highest BCUT2D eigenvalue weighted by molar-refractivity contribution is 6.04. The number of piperidine rings is 2. The summed E-state index contributed by atoms with van der Waals surface area (Å²) in [6.07, 6.45) is 15.1. The average Bonchev–Trinajstić information content (AvgIpc) is 3.55. The molecule has 9 rings (SSSR count). The lowest BCUT2D eigenvalue weighted by molar-refractivity contribution is 0.107. The molecule has 45 heavy (non-hydrogen) atoms. The Balaban J connectivity index is 1.33. The second-order valence-corrected chi connectivity index (χ2v) is 13.0. The predicted molar refractivity (Wildman–Crippen MR) is 165 cm³/mol. The van der Waals surface area contributed by atoms with Crippen molar-refractivity contribution < 1.29 is 23.0 Å². The molecule has 1 N–H and O–H groups in total. The van der Waals surface area contributed by atoms with Crippen LogP contribution in [0.15, 0.2) is 24.3 Å². The second kappa shape index (κ2) is 10.3. The summed E-state index contributed by atoms with van der Waals surface area (Å²) in [5.74, 6) is 4.73. The van der Waals surface area contributed by atoms with E-state index in [0.29, 0.717) is 36.0 Å². The number of hydrogen-bond donors (Lipinski definition) is 1. The molecule has 6 heterocycles. The number of halogens is 3. The number of rotatable bonds is 5. The highest BCUT2D eigenvalue weighted by Crippen LogP contribution is 2.45. The molecule has 1 aliphatic carbocycles. The first kappa shape index (κ1) is 28.0. The Morgan fingerprint density at radius 2 is 1.82 bits per heavy atom. The summed E-state index contributed by atoms with van der Waals surface area (Å²) in [5.41, 5.74) is -0.684. The van der Waals surface area contributed by atoms with Gasteiger partial charge in [0.1, 0.15) is 47.1 Å². The Morgan fingerprint density at radius 3 is 2.58 bits per heavy atom. The summed E-state index contributed by atoms with van der Waals surface area (Å²) in [7, 11) is 0. The molecule has 2 aromatic carbocycles. The summed E-state index contributed by atoms with van der Waals surface area (Å²) in [6, 6.07) is 5.34. The zero-order chi connectivity index (χ0) is 31.0. The normalized spacial score (nSPS) is 25.6. The van der Waals surface area contributed by atoms with E-state index < -0.39 is 23.3 Å². The van der Waals surface area contributed by atoms with Gasteiger partial charge in [0.05, 0.1) is 16.5 Å². The van der Waals surface area contributed by atoms with E-state index in [2.05, 4.69) is 31.6 Å². The fourth-order valence-corrected chi connectivity index (χ4v) is 8.15. The molecule has 0 amide bonds. The first-order valence-corrected chi connectivity index (χ1v) is 15.3. The lowest BCUT2D eigenvalue weighted by atomic mass is 9.71. The fraction of sp³-hybridized carbons (Fsp3) is 0.400. The highest BCUT2D eigenvalue weighted by Gasteiger charge is 2.49. The van der Waals surface area contributed by atoms with Crippen LogP contribution in [0.2, 0.25) is 0 Å². The van der Waals surface area contributed by atoms with Crippen LogP contribution in [-0.2, 0) is 0 Å². The van der Waals surface area contributed by atoms with Crippen molar-refractivity contribution in [3.05, 3.63) is 47.2 Å². The topological polar surface area (TPSA) is 74.6 Å². The molecular formula is C35H30F3N5O2. The third kappa shape index (κ3) is 4.38. The van der Waals surface area contributed by atoms with Gasteiger partial charge in [-0.25, -0.2) is 18.2 Å². The number of pyridine rings is 1. The van der Waals surface area contributed by atoms with Gasteiger partial charge in [-0.1, -0.05) is 12.0 Å². The summed E-state index contributed by atoms with van der Waals surface area (Å²) in [4.78, 5) is 18.1. The van der Waals surface area contributed by atoms with E-state index in [1.54, 1.807) is 0 Å². The van der Waals surface area contributed by atoms with Crippen LogP contribution in [0.1, 0.15) is 43.4 Å². The van der Waals surface area contributed by atoms with Gasteiger partial charge < -0.3 is 14.7 Å². The van der Waals surface area contributed by atoms with Crippen molar-refractivity contribution in [2.45, 2.75) is 43.8 Å². The molecule has 7 nitrogen and oxygen atoms in total. The number of anilines is 1. The van der Waals surface area contributed by atoms with Crippen LogP contribution in [0.5, 0.6) is 11.8 Å². The first-order valence-electron chi connectivity index (χ1n) is 15.3. The van der Waals surface area contributed by atoms with Gasteiger partial charge in [0.15, 0.2) is 5.82 Å². The predicted octanol–water partition coefficient (Wildman–Crippen LogP) is 5.59. The van der Waals surface area contributed by atoms with Gasteiger partial charge in [0, 0.05) is 37.0 Å². The standard InChI is InChI=1S/C35H30F3N5O2/c1-3-24-26(37)7-6-21-12-23(44)13-25(28(21)24)31-30(38)32-29(27(4-2)39-31)33(42-15-19-10-20(11-19)16-42)41-34(40-32)45-18-35-8-5-9-43(35)17-22(36)14-35/h1-2,6-7,12-13,19-20,22,44H,5,8-11,14-18H2/t19?,20?,22-,35+/m1/s1. The third-order valence-corrected chi connectivity index (χ3v) is 10.2. The molecule has 2 aromatic heterocycles. The molecule has 4 aromatic rings. The van der Waals surface area contributed by atoms with Gasteiger partial charge >= 0.3 is 6.01 Å². The SMILES string of the molecule is C#Cc1c(F)ccc2cc(O)cc(-c3nc(C#C)c4c(N5CC6CC(C6)C5)nc(OC[C@@]56CCCN5C[C@H](F)C6)nc4c3F)c12. The van der Waals surface area contributed by atoms with Crippen molar-refractivity contribution in [2.24, 2.45) is 11.8 Å². The van der Waals surface area contributed by atoms with Crippen molar-refractivity contribution in [1.29, 1.82) is 0 Å². The molecule has 5 aliphatic rings. The molecule has 2 atom stereocenters. The number of nitrogens with zero attached hydrogens (tertiary/aromatic N) is 5. The van der Waals surface area contributed by atoms with Crippen molar-refractivity contribution in [3.8, 4) is 47.7 Å². The van der Waals surface area contributed by atoms with E-state index in [4.69, 9.17) is 22.6 Å². The van der Waals surface area contributed by atoms with Gasteiger partial charge in [0.25, 0.3) is 0 Å². The van der Waals surface area contributed by atoms with Crippen LogP contribution >= 0.6 is 0 Å². The minimum Gasteiger partial charge on any atom is -0.508 e.